The van der Waals surface area contributed by atoms with E-state index >= 15 is 0 Å². The second kappa shape index (κ2) is 9.73. The molecule has 0 unspecified atom stereocenters. The van der Waals surface area contributed by atoms with Crippen molar-refractivity contribution in [1.29, 1.82) is 0 Å². The molecule has 2 N–H and O–H groups in total. The van der Waals surface area contributed by atoms with Crippen molar-refractivity contribution in [3.8, 4) is 28.7 Å². The molecular weight excluding hydrogens is 472 g/mol. The fraction of sp³-hybridized carbons (Fsp3) is 0.300. The number of carboxylic acids is 1. The molecule has 0 fully saturated rings. The van der Waals surface area contributed by atoms with Crippen LogP contribution >= 0.6 is 0 Å². The van der Waals surface area contributed by atoms with Crippen LogP contribution in [0.5, 0.6) is 28.7 Å². The second-order valence-electron chi connectivity index (χ2n) is 9.35. The lowest BCUT2D eigenvalue weighted by Gasteiger charge is -2.36. The summed E-state index contributed by atoms with van der Waals surface area (Å²) in [4.78, 5) is 13.2. The van der Waals surface area contributed by atoms with Crippen LogP contribution in [0.1, 0.15) is 47.9 Å². The van der Waals surface area contributed by atoms with E-state index in [4.69, 9.17) is 18.9 Å². The Morgan fingerprint density at radius 3 is 2.57 bits per heavy atom. The van der Waals surface area contributed by atoms with Gasteiger partial charge >= 0.3 is 5.97 Å². The van der Waals surface area contributed by atoms with Crippen LogP contribution in [0.25, 0.3) is 0 Å². The van der Waals surface area contributed by atoms with Gasteiger partial charge in [-0.15, -0.1) is 6.58 Å². The van der Waals surface area contributed by atoms with Gasteiger partial charge in [-0.05, 0) is 59.9 Å². The van der Waals surface area contributed by atoms with Gasteiger partial charge in [-0.2, -0.15) is 0 Å². The summed E-state index contributed by atoms with van der Waals surface area (Å²) < 4.78 is 22.4. The number of hydrogen-bond donors (Lipinski definition) is 2. The molecule has 0 aromatic heterocycles. The lowest BCUT2D eigenvalue weighted by atomic mass is 9.65. The largest absolute Gasteiger partial charge is 0.508 e. The minimum absolute atomic E-state index is 0.0264. The summed E-state index contributed by atoms with van der Waals surface area (Å²) in [5.74, 6) is -0.285. The third-order valence-electron chi connectivity index (χ3n) is 7.37. The van der Waals surface area contributed by atoms with Crippen LogP contribution in [0.4, 0.5) is 0 Å². The molecule has 7 nitrogen and oxygen atoms in total. The Labute approximate surface area is 215 Å². The summed E-state index contributed by atoms with van der Waals surface area (Å²) in [7, 11) is 1.52. The first kappa shape index (κ1) is 24.6. The number of phenolic OH excluding ortho intramolecular Hbond substituents is 1. The Bertz CT molecular complexity index is 1350. The number of ether oxygens (including phenoxy) is 4. The first-order valence-corrected chi connectivity index (χ1v) is 12.3. The Kier molecular flexibility index (Phi) is 6.46. The van der Waals surface area contributed by atoms with Crippen LogP contribution in [0, 0.1) is 5.92 Å². The number of phenols is 1. The molecule has 3 atom stereocenters. The zero-order valence-corrected chi connectivity index (χ0v) is 20.9. The van der Waals surface area contributed by atoms with Crippen molar-refractivity contribution in [2.24, 2.45) is 5.92 Å². The van der Waals surface area contributed by atoms with Gasteiger partial charge in [0, 0.05) is 23.0 Å². The fourth-order valence-corrected chi connectivity index (χ4v) is 5.85. The van der Waals surface area contributed by atoms with Gasteiger partial charge in [-0.1, -0.05) is 31.2 Å². The van der Waals surface area contributed by atoms with E-state index in [0.717, 1.165) is 23.1 Å². The van der Waals surface area contributed by atoms with Crippen molar-refractivity contribution in [3.63, 3.8) is 0 Å². The second-order valence-corrected chi connectivity index (χ2v) is 9.35. The van der Waals surface area contributed by atoms with E-state index in [1.54, 1.807) is 18.2 Å². The summed E-state index contributed by atoms with van der Waals surface area (Å²) in [5.41, 5.74) is 1.95. The van der Waals surface area contributed by atoms with Crippen molar-refractivity contribution in [2.75, 3.05) is 20.5 Å². The molecule has 1 aliphatic heterocycles. The van der Waals surface area contributed by atoms with Crippen LogP contribution in [-0.4, -0.2) is 36.7 Å². The summed E-state index contributed by atoms with van der Waals surface area (Å²) in [6.07, 6.45) is 2.95. The van der Waals surface area contributed by atoms with Gasteiger partial charge in [-0.3, -0.25) is 4.79 Å². The van der Waals surface area contributed by atoms with Crippen LogP contribution in [0.15, 0.2) is 67.3 Å². The third kappa shape index (κ3) is 3.95. The maximum atomic E-state index is 13.2. The third-order valence-corrected chi connectivity index (χ3v) is 7.37. The van der Waals surface area contributed by atoms with Crippen molar-refractivity contribution >= 4 is 5.97 Å². The predicted molar refractivity (Wildman–Crippen MR) is 138 cm³/mol. The van der Waals surface area contributed by atoms with Gasteiger partial charge < -0.3 is 29.2 Å². The Balaban J connectivity index is 1.79. The number of benzene rings is 3. The van der Waals surface area contributed by atoms with E-state index in [1.807, 2.05) is 43.3 Å². The van der Waals surface area contributed by atoms with E-state index in [1.165, 1.54) is 13.2 Å². The molecule has 1 heterocycles. The van der Waals surface area contributed by atoms with Crippen molar-refractivity contribution < 1.29 is 34.0 Å². The molecule has 3 aromatic rings. The number of rotatable bonds is 9. The molecule has 0 amide bonds. The Morgan fingerprint density at radius 1 is 1.08 bits per heavy atom. The average molecular weight is 503 g/mol. The zero-order chi connectivity index (χ0) is 26.2. The van der Waals surface area contributed by atoms with Gasteiger partial charge in [0.05, 0.1) is 19.6 Å². The zero-order valence-electron chi connectivity index (χ0n) is 20.9. The minimum atomic E-state index is -0.982. The van der Waals surface area contributed by atoms with Crippen LogP contribution < -0.4 is 18.9 Å². The van der Waals surface area contributed by atoms with E-state index in [0.29, 0.717) is 41.6 Å². The average Bonchev–Trinajstić information content (AvgIpc) is 3.48. The summed E-state index contributed by atoms with van der Waals surface area (Å²) >= 11 is 0. The summed E-state index contributed by atoms with van der Waals surface area (Å²) in [6.45, 7) is 6.68. The molecule has 7 heteroatoms. The monoisotopic (exact) mass is 502 g/mol. The summed E-state index contributed by atoms with van der Waals surface area (Å²) in [6, 6.07) is 16.3. The summed E-state index contributed by atoms with van der Waals surface area (Å²) in [5, 5.41) is 21.9. The SMILES string of the molecule is C=CC[C@]1(c2ccc3c(c2)OCO3)c2ccc(OCCC)cc2[C@@H](c2ccc(OC)cc2O)[C@H]1C(=O)O. The maximum absolute atomic E-state index is 13.2. The lowest BCUT2D eigenvalue weighted by Crippen LogP contribution is -2.39. The molecular formula is C30H30O7. The van der Waals surface area contributed by atoms with Gasteiger partial charge in [0.25, 0.3) is 0 Å². The number of aliphatic carboxylic acids is 1. The number of allylic oxidation sites excluding steroid dienone is 1. The number of fused-ring (bicyclic) bond motifs is 2. The highest BCUT2D eigenvalue weighted by Crippen LogP contribution is 2.60. The highest BCUT2D eigenvalue weighted by atomic mass is 16.7. The molecule has 192 valence electrons. The van der Waals surface area contributed by atoms with Crippen molar-refractivity contribution in [1.82, 2.24) is 0 Å². The minimum Gasteiger partial charge on any atom is -0.508 e. The smallest absolute Gasteiger partial charge is 0.308 e. The molecule has 0 saturated heterocycles. The molecule has 0 saturated carbocycles. The Morgan fingerprint density at radius 2 is 1.86 bits per heavy atom. The van der Waals surface area contributed by atoms with Crippen molar-refractivity contribution in [3.05, 3.63) is 89.5 Å². The Hall–Kier alpha value is -4.13. The normalized spacial score (nSPS) is 21.4. The topological polar surface area (TPSA) is 94.5 Å². The first-order chi connectivity index (χ1) is 17.9. The van der Waals surface area contributed by atoms with Crippen LogP contribution in [0.2, 0.25) is 0 Å². The number of carbonyl (C=O) groups is 1. The first-order valence-electron chi connectivity index (χ1n) is 12.3. The van der Waals surface area contributed by atoms with Gasteiger partial charge in [0.15, 0.2) is 11.5 Å². The fourth-order valence-electron chi connectivity index (χ4n) is 5.85. The molecule has 0 spiro atoms. The van der Waals surface area contributed by atoms with Crippen molar-refractivity contribution in [2.45, 2.75) is 31.1 Å². The molecule has 0 bridgehead atoms. The van der Waals surface area contributed by atoms with Gasteiger partial charge in [-0.25, -0.2) is 0 Å². The van der Waals surface area contributed by atoms with E-state index < -0.39 is 23.2 Å². The molecule has 5 rings (SSSR count). The van der Waals surface area contributed by atoms with E-state index in [9.17, 15) is 15.0 Å². The standard InChI is InChI=1S/C30H30O7/c1-4-12-30(18-6-11-25-26(14-18)37-17-36-25)23-10-8-20(35-13-5-2)15-22(23)27(28(30)29(32)33)21-9-7-19(34-3)16-24(21)31/h4,6-11,14-16,27-28,31H,1,5,12-13,17H2,2-3H3,(H,32,33)/t27-,28+,30+/m1/s1. The highest BCUT2D eigenvalue weighted by molar-refractivity contribution is 5.80. The van der Waals surface area contributed by atoms with Gasteiger partial charge in [0.2, 0.25) is 6.79 Å². The van der Waals surface area contributed by atoms with E-state index in [2.05, 4.69) is 6.58 Å². The number of hydrogen-bond acceptors (Lipinski definition) is 6. The van der Waals surface area contributed by atoms with E-state index in [-0.39, 0.29) is 12.5 Å². The highest BCUT2D eigenvalue weighted by Gasteiger charge is 2.57. The molecule has 0 radical (unpaired) electrons. The molecule has 2 aliphatic rings. The molecule has 3 aromatic carbocycles. The number of methoxy groups -OCH3 is 1. The molecule has 37 heavy (non-hydrogen) atoms. The van der Waals surface area contributed by atoms with Gasteiger partial charge in [0.1, 0.15) is 17.2 Å². The quantitative estimate of drug-likeness (QED) is 0.366. The number of carboxylic acid groups (broad SMARTS) is 1. The molecule has 1 aliphatic carbocycles. The lowest BCUT2D eigenvalue weighted by molar-refractivity contribution is -0.143. The van der Waals surface area contributed by atoms with Crippen LogP contribution in [0.3, 0.4) is 0 Å². The predicted octanol–water partition coefficient (Wildman–Crippen LogP) is 5.63. The van der Waals surface area contributed by atoms with Crippen LogP contribution in [-0.2, 0) is 10.2 Å². The number of aromatic hydroxyl groups is 1. The maximum Gasteiger partial charge on any atom is 0.308 e.